The van der Waals surface area contributed by atoms with Gasteiger partial charge in [0.25, 0.3) is 0 Å². The Kier molecular flexibility index (Phi) is 7.18. The lowest BCUT2D eigenvalue weighted by molar-refractivity contribution is 0.188. The minimum absolute atomic E-state index is 0.188. The van der Waals surface area contributed by atoms with Crippen molar-refractivity contribution in [1.29, 1.82) is 0 Å². The summed E-state index contributed by atoms with van der Waals surface area (Å²) in [4.78, 5) is 6.98. The number of aliphatic hydroxyl groups excluding tert-OH is 1. The van der Waals surface area contributed by atoms with Crippen molar-refractivity contribution in [3.8, 4) is 0 Å². The highest BCUT2D eigenvalue weighted by atomic mass is 32.2. The first kappa shape index (κ1) is 23.9. The van der Waals surface area contributed by atoms with Gasteiger partial charge in [-0.05, 0) is 44.0 Å². The number of aliphatic hydroxyl groups is 1. The van der Waals surface area contributed by atoms with Crippen LogP contribution in [0.1, 0.15) is 16.7 Å². The van der Waals surface area contributed by atoms with E-state index >= 15 is 0 Å². The van der Waals surface area contributed by atoms with E-state index in [-0.39, 0.29) is 6.61 Å². The molecule has 2 aliphatic heterocycles. The van der Waals surface area contributed by atoms with Crippen LogP contribution in [0.15, 0.2) is 29.2 Å². The molecule has 0 atom stereocenters. The zero-order valence-electron chi connectivity index (χ0n) is 19.7. The number of benzene rings is 1. The van der Waals surface area contributed by atoms with Gasteiger partial charge in [-0.2, -0.15) is 4.31 Å². The van der Waals surface area contributed by atoms with Crippen LogP contribution in [0.3, 0.4) is 0 Å². The van der Waals surface area contributed by atoms with E-state index in [1.54, 1.807) is 4.31 Å². The standard InChI is InChI=1S/C23H34N6O3S/c1-18-16-19(2)23(20(3)17-18)33(31,32)29-12-10-28(11-13-29)22-5-4-21(24-25-22)27-8-6-26(7-9-27)14-15-30/h4-5,16-17,30H,6-15H2,1-3H3. The largest absolute Gasteiger partial charge is 0.395 e. The molecular formula is C23H34N6O3S. The molecule has 4 rings (SSSR count). The van der Waals surface area contributed by atoms with Crippen molar-refractivity contribution in [2.45, 2.75) is 25.7 Å². The van der Waals surface area contributed by atoms with Gasteiger partial charge < -0.3 is 14.9 Å². The molecule has 1 aromatic carbocycles. The Morgan fingerprint density at radius 1 is 0.818 bits per heavy atom. The number of rotatable bonds is 6. The minimum atomic E-state index is -3.53. The molecule has 0 amide bonds. The molecule has 2 aromatic rings. The average Bonchev–Trinajstić information content (AvgIpc) is 2.79. The molecule has 0 bridgehead atoms. The van der Waals surface area contributed by atoms with Crippen LogP contribution in [0.2, 0.25) is 0 Å². The third-order valence-corrected chi connectivity index (χ3v) is 8.72. The Bertz CT molecular complexity index is 1040. The van der Waals surface area contributed by atoms with Crippen LogP contribution in [0.4, 0.5) is 11.6 Å². The first-order valence-corrected chi connectivity index (χ1v) is 13.0. The second-order valence-corrected chi connectivity index (χ2v) is 10.8. The molecule has 0 saturated carbocycles. The van der Waals surface area contributed by atoms with Gasteiger partial charge in [0.05, 0.1) is 11.5 Å². The number of anilines is 2. The van der Waals surface area contributed by atoms with Gasteiger partial charge in [-0.15, -0.1) is 10.2 Å². The Balaban J connectivity index is 1.37. The van der Waals surface area contributed by atoms with Crippen LogP contribution in [-0.2, 0) is 10.0 Å². The van der Waals surface area contributed by atoms with Gasteiger partial charge in [0.1, 0.15) is 0 Å². The molecule has 9 nitrogen and oxygen atoms in total. The van der Waals surface area contributed by atoms with Gasteiger partial charge >= 0.3 is 0 Å². The molecule has 2 fully saturated rings. The summed E-state index contributed by atoms with van der Waals surface area (Å²) in [5.41, 5.74) is 2.67. The molecule has 1 aromatic heterocycles. The van der Waals surface area contributed by atoms with Gasteiger partial charge in [0.15, 0.2) is 11.6 Å². The quantitative estimate of drug-likeness (QED) is 0.664. The number of aryl methyl sites for hydroxylation is 3. The number of aromatic nitrogens is 2. The van der Waals surface area contributed by atoms with Crippen molar-refractivity contribution in [3.05, 3.63) is 41.0 Å². The molecule has 3 heterocycles. The smallest absolute Gasteiger partial charge is 0.243 e. The predicted molar refractivity (Wildman–Crippen MR) is 129 cm³/mol. The van der Waals surface area contributed by atoms with Crippen LogP contribution < -0.4 is 9.80 Å². The number of piperazine rings is 2. The van der Waals surface area contributed by atoms with Crippen molar-refractivity contribution in [1.82, 2.24) is 19.4 Å². The van der Waals surface area contributed by atoms with Crippen molar-refractivity contribution in [3.63, 3.8) is 0 Å². The van der Waals surface area contributed by atoms with Crippen LogP contribution >= 0.6 is 0 Å². The molecule has 10 heteroatoms. The van der Waals surface area contributed by atoms with E-state index in [2.05, 4.69) is 24.9 Å². The van der Waals surface area contributed by atoms with Gasteiger partial charge in [-0.25, -0.2) is 8.42 Å². The second-order valence-electron chi connectivity index (χ2n) is 8.92. The number of β-amino-alcohol motifs (C(OH)–C–C–N with tert-alkyl or cyclic N) is 1. The SMILES string of the molecule is Cc1cc(C)c(S(=O)(=O)N2CCN(c3ccc(N4CCN(CCO)CC4)nn3)CC2)c(C)c1. The number of sulfonamides is 1. The topological polar surface area (TPSA) is 93.1 Å². The molecule has 1 N–H and O–H groups in total. The summed E-state index contributed by atoms with van der Waals surface area (Å²) in [6.07, 6.45) is 0. The van der Waals surface area contributed by atoms with E-state index in [0.29, 0.717) is 37.6 Å². The normalized spacial score (nSPS) is 18.7. The van der Waals surface area contributed by atoms with Crippen LogP contribution in [-0.4, -0.2) is 98.4 Å². The van der Waals surface area contributed by atoms with E-state index < -0.39 is 10.0 Å². The molecule has 0 aliphatic carbocycles. The highest BCUT2D eigenvalue weighted by molar-refractivity contribution is 7.89. The van der Waals surface area contributed by atoms with Crippen LogP contribution in [0.5, 0.6) is 0 Å². The Morgan fingerprint density at radius 2 is 1.30 bits per heavy atom. The fourth-order valence-electron chi connectivity index (χ4n) is 4.86. The summed E-state index contributed by atoms with van der Waals surface area (Å²) in [6.45, 7) is 12.2. The van der Waals surface area contributed by atoms with Crippen molar-refractivity contribution in [2.24, 2.45) is 0 Å². The fourth-order valence-corrected chi connectivity index (χ4v) is 6.69. The van der Waals surface area contributed by atoms with E-state index in [4.69, 9.17) is 5.11 Å². The third kappa shape index (κ3) is 5.13. The Morgan fingerprint density at radius 3 is 1.76 bits per heavy atom. The first-order chi connectivity index (χ1) is 15.8. The molecule has 0 spiro atoms. The summed E-state index contributed by atoms with van der Waals surface area (Å²) in [6, 6.07) is 7.83. The summed E-state index contributed by atoms with van der Waals surface area (Å²) < 4.78 is 28.2. The van der Waals surface area contributed by atoms with Gasteiger partial charge in [0, 0.05) is 58.9 Å². The minimum Gasteiger partial charge on any atom is -0.395 e. The average molecular weight is 475 g/mol. The highest BCUT2D eigenvalue weighted by Gasteiger charge is 2.31. The maximum Gasteiger partial charge on any atom is 0.243 e. The van der Waals surface area contributed by atoms with Crippen LogP contribution in [0, 0.1) is 20.8 Å². The van der Waals surface area contributed by atoms with Crippen molar-refractivity contribution >= 4 is 21.7 Å². The van der Waals surface area contributed by atoms with E-state index in [1.807, 2.05) is 45.0 Å². The van der Waals surface area contributed by atoms with E-state index in [9.17, 15) is 8.42 Å². The second kappa shape index (κ2) is 9.92. The maximum atomic E-state index is 13.3. The van der Waals surface area contributed by atoms with Gasteiger partial charge in [-0.3, -0.25) is 4.90 Å². The van der Waals surface area contributed by atoms with Gasteiger partial charge in [0.2, 0.25) is 10.0 Å². The number of hydrogen-bond donors (Lipinski definition) is 1. The van der Waals surface area contributed by atoms with Crippen LogP contribution in [0.25, 0.3) is 0 Å². The third-order valence-electron chi connectivity index (χ3n) is 6.51. The zero-order chi connectivity index (χ0) is 23.6. The highest BCUT2D eigenvalue weighted by Crippen LogP contribution is 2.27. The maximum absolute atomic E-state index is 13.3. The van der Waals surface area contributed by atoms with Crippen molar-refractivity contribution < 1.29 is 13.5 Å². The summed E-state index contributed by atoms with van der Waals surface area (Å²) in [5.74, 6) is 1.63. The fraction of sp³-hybridized carbons (Fsp3) is 0.565. The van der Waals surface area contributed by atoms with Gasteiger partial charge in [-0.1, -0.05) is 17.7 Å². The molecule has 33 heavy (non-hydrogen) atoms. The molecular weight excluding hydrogens is 440 g/mol. The van der Waals surface area contributed by atoms with E-state index in [0.717, 1.165) is 54.5 Å². The number of hydrogen-bond acceptors (Lipinski definition) is 8. The molecule has 0 radical (unpaired) electrons. The van der Waals surface area contributed by atoms with E-state index in [1.165, 1.54) is 0 Å². The first-order valence-electron chi connectivity index (χ1n) is 11.5. The molecule has 180 valence electrons. The van der Waals surface area contributed by atoms with Crippen molar-refractivity contribution in [2.75, 3.05) is 75.3 Å². The monoisotopic (exact) mass is 474 g/mol. The summed E-state index contributed by atoms with van der Waals surface area (Å²) >= 11 is 0. The predicted octanol–water partition coefficient (Wildman–Crippen LogP) is 1.03. The summed E-state index contributed by atoms with van der Waals surface area (Å²) in [5, 5.41) is 17.9. The summed E-state index contributed by atoms with van der Waals surface area (Å²) in [7, 11) is -3.53. The lowest BCUT2D eigenvalue weighted by Gasteiger charge is -2.36. The molecule has 2 aliphatic rings. The molecule has 0 unspecified atom stereocenters. The Labute approximate surface area is 196 Å². The molecule has 2 saturated heterocycles. The number of nitrogens with zero attached hydrogens (tertiary/aromatic N) is 6. The lowest BCUT2D eigenvalue weighted by Crippen LogP contribution is -2.49. The zero-order valence-corrected chi connectivity index (χ0v) is 20.6. The Hall–Kier alpha value is -2.27. The lowest BCUT2D eigenvalue weighted by atomic mass is 10.1.